The van der Waals surface area contributed by atoms with Gasteiger partial charge in [-0.3, -0.25) is 9.59 Å². The minimum absolute atomic E-state index is 0.0613. The molecule has 1 aromatic heterocycles. The Morgan fingerprint density at radius 3 is 2.90 bits per heavy atom. The van der Waals surface area contributed by atoms with Crippen LogP contribution >= 0.6 is 0 Å². The Hall–Kier alpha value is -1.62. The Kier molecular flexibility index (Phi) is 4.95. The number of rotatable bonds is 3. The SMILES string of the molecule is CC(O)CC1CCCCCN1C(=O)c1ccc(=O)[nH]c1. The highest BCUT2D eigenvalue weighted by Gasteiger charge is 2.27. The van der Waals surface area contributed by atoms with Crippen molar-refractivity contribution in [2.24, 2.45) is 0 Å². The smallest absolute Gasteiger partial charge is 0.255 e. The van der Waals surface area contributed by atoms with Crippen molar-refractivity contribution in [1.29, 1.82) is 0 Å². The van der Waals surface area contributed by atoms with Gasteiger partial charge in [-0.05, 0) is 32.3 Å². The van der Waals surface area contributed by atoms with E-state index in [1.165, 1.54) is 12.3 Å². The number of nitrogens with one attached hydrogen (secondary N) is 1. The molecule has 1 aliphatic heterocycles. The fourth-order valence-electron chi connectivity index (χ4n) is 2.79. The molecule has 1 fully saturated rings. The van der Waals surface area contributed by atoms with Gasteiger partial charge >= 0.3 is 0 Å². The highest BCUT2D eigenvalue weighted by atomic mass is 16.3. The Labute approximate surface area is 118 Å². The lowest BCUT2D eigenvalue weighted by atomic mass is 10.0. The van der Waals surface area contributed by atoms with Gasteiger partial charge in [-0.2, -0.15) is 0 Å². The first-order valence-electron chi connectivity index (χ1n) is 7.25. The zero-order valence-electron chi connectivity index (χ0n) is 11.8. The van der Waals surface area contributed by atoms with Gasteiger partial charge in [-0.15, -0.1) is 0 Å². The van der Waals surface area contributed by atoms with E-state index in [1.54, 1.807) is 13.0 Å². The molecule has 5 heteroatoms. The maximum atomic E-state index is 12.6. The summed E-state index contributed by atoms with van der Waals surface area (Å²) in [5, 5.41) is 9.62. The van der Waals surface area contributed by atoms with Gasteiger partial charge in [0.15, 0.2) is 0 Å². The zero-order chi connectivity index (χ0) is 14.5. The van der Waals surface area contributed by atoms with Crippen molar-refractivity contribution in [3.63, 3.8) is 0 Å². The summed E-state index contributed by atoms with van der Waals surface area (Å²) in [4.78, 5) is 28.0. The maximum absolute atomic E-state index is 12.6. The molecule has 0 radical (unpaired) electrons. The van der Waals surface area contributed by atoms with E-state index in [0.29, 0.717) is 12.0 Å². The number of hydrogen-bond acceptors (Lipinski definition) is 3. The number of carbonyl (C=O) groups is 1. The van der Waals surface area contributed by atoms with Crippen molar-refractivity contribution in [2.75, 3.05) is 6.54 Å². The molecule has 2 atom stereocenters. The Morgan fingerprint density at radius 1 is 1.45 bits per heavy atom. The van der Waals surface area contributed by atoms with Crippen molar-refractivity contribution < 1.29 is 9.90 Å². The number of pyridine rings is 1. The quantitative estimate of drug-likeness (QED) is 0.880. The van der Waals surface area contributed by atoms with Crippen LogP contribution in [0.3, 0.4) is 0 Å². The number of aliphatic hydroxyl groups excluding tert-OH is 1. The lowest BCUT2D eigenvalue weighted by Crippen LogP contribution is -2.41. The van der Waals surface area contributed by atoms with E-state index >= 15 is 0 Å². The molecule has 0 aliphatic carbocycles. The van der Waals surface area contributed by atoms with Crippen LogP contribution in [0.5, 0.6) is 0 Å². The molecule has 20 heavy (non-hydrogen) atoms. The Bertz CT molecular complexity index is 490. The molecule has 2 heterocycles. The van der Waals surface area contributed by atoms with E-state index in [0.717, 1.165) is 32.2 Å². The number of likely N-dealkylation sites (tertiary alicyclic amines) is 1. The molecule has 0 saturated carbocycles. The monoisotopic (exact) mass is 278 g/mol. The second kappa shape index (κ2) is 6.70. The van der Waals surface area contributed by atoms with Crippen LogP contribution in [0.25, 0.3) is 0 Å². The van der Waals surface area contributed by atoms with Crippen molar-refractivity contribution in [2.45, 2.75) is 51.2 Å². The summed E-state index contributed by atoms with van der Waals surface area (Å²) in [5.74, 6) is -0.0613. The lowest BCUT2D eigenvalue weighted by molar-refractivity contribution is 0.0607. The molecule has 1 amide bonds. The van der Waals surface area contributed by atoms with E-state index in [2.05, 4.69) is 4.98 Å². The fourth-order valence-corrected chi connectivity index (χ4v) is 2.79. The molecular formula is C15H22N2O3. The third-order valence-corrected chi connectivity index (χ3v) is 3.78. The van der Waals surface area contributed by atoms with Crippen LogP contribution in [0.4, 0.5) is 0 Å². The van der Waals surface area contributed by atoms with Crippen LogP contribution in [0.1, 0.15) is 49.4 Å². The third kappa shape index (κ3) is 3.70. The molecule has 2 unspecified atom stereocenters. The number of carbonyl (C=O) groups excluding carboxylic acids is 1. The minimum Gasteiger partial charge on any atom is -0.393 e. The molecule has 1 saturated heterocycles. The summed E-state index contributed by atoms with van der Waals surface area (Å²) >= 11 is 0. The van der Waals surface area contributed by atoms with E-state index in [1.807, 2.05) is 4.90 Å². The molecule has 2 rings (SSSR count). The van der Waals surface area contributed by atoms with Gasteiger partial charge in [0.1, 0.15) is 0 Å². The van der Waals surface area contributed by atoms with Crippen LogP contribution in [0.15, 0.2) is 23.1 Å². The first kappa shape index (κ1) is 14.8. The predicted molar refractivity (Wildman–Crippen MR) is 76.7 cm³/mol. The number of nitrogens with zero attached hydrogens (tertiary/aromatic N) is 1. The van der Waals surface area contributed by atoms with E-state index in [4.69, 9.17) is 0 Å². The summed E-state index contributed by atoms with van der Waals surface area (Å²) in [6, 6.07) is 3.01. The number of aromatic nitrogens is 1. The summed E-state index contributed by atoms with van der Waals surface area (Å²) < 4.78 is 0. The van der Waals surface area contributed by atoms with E-state index < -0.39 is 6.10 Å². The lowest BCUT2D eigenvalue weighted by Gasteiger charge is -2.31. The molecule has 0 spiro atoms. The zero-order valence-corrected chi connectivity index (χ0v) is 11.8. The molecule has 0 aromatic carbocycles. The highest BCUT2D eigenvalue weighted by molar-refractivity contribution is 5.94. The topological polar surface area (TPSA) is 73.4 Å². The number of aliphatic hydroxyl groups is 1. The van der Waals surface area contributed by atoms with Gasteiger partial charge < -0.3 is 15.0 Å². The number of aromatic amines is 1. The second-order valence-corrected chi connectivity index (χ2v) is 5.53. The van der Waals surface area contributed by atoms with Crippen LogP contribution in [0, 0.1) is 0 Å². The third-order valence-electron chi connectivity index (χ3n) is 3.78. The summed E-state index contributed by atoms with van der Waals surface area (Å²) in [6.07, 6.45) is 5.79. The first-order valence-corrected chi connectivity index (χ1v) is 7.25. The molecule has 110 valence electrons. The van der Waals surface area contributed by atoms with Gasteiger partial charge in [0.2, 0.25) is 5.56 Å². The maximum Gasteiger partial charge on any atom is 0.255 e. The van der Waals surface area contributed by atoms with Gasteiger partial charge in [0.05, 0.1) is 11.7 Å². The highest BCUT2D eigenvalue weighted by Crippen LogP contribution is 2.22. The Morgan fingerprint density at radius 2 is 2.25 bits per heavy atom. The second-order valence-electron chi connectivity index (χ2n) is 5.53. The molecule has 5 nitrogen and oxygen atoms in total. The van der Waals surface area contributed by atoms with Crippen molar-refractivity contribution >= 4 is 5.91 Å². The van der Waals surface area contributed by atoms with Crippen molar-refractivity contribution in [3.05, 3.63) is 34.2 Å². The van der Waals surface area contributed by atoms with E-state index in [9.17, 15) is 14.7 Å². The summed E-state index contributed by atoms with van der Waals surface area (Å²) in [6.45, 7) is 2.48. The van der Waals surface area contributed by atoms with Crippen LogP contribution in [-0.2, 0) is 0 Å². The molecule has 1 aliphatic rings. The van der Waals surface area contributed by atoms with Gasteiger partial charge in [0, 0.05) is 24.8 Å². The van der Waals surface area contributed by atoms with Gasteiger partial charge in [-0.25, -0.2) is 0 Å². The predicted octanol–water partition coefficient (Wildman–Crippen LogP) is 1.53. The summed E-state index contributed by atoms with van der Waals surface area (Å²) in [5.41, 5.74) is 0.292. The van der Waals surface area contributed by atoms with Crippen molar-refractivity contribution in [3.8, 4) is 0 Å². The molecule has 2 N–H and O–H groups in total. The van der Waals surface area contributed by atoms with Crippen LogP contribution < -0.4 is 5.56 Å². The molecule has 0 bridgehead atoms. The number of H-pyrrole nitrogens is 1. The fraction of sp³-hybridized carbons (Fsp3) is 0.600. The van der Waals surface area contributed by atoms with Crippen LogP contribution in [-0.4, -0.2) is 39.6 Å². The average Bonchev–Trinajstić information content (AvgIpc) is 2.63. The normalized spacial score (nSPS) is 21.3. The Balaban J connectivity index is 2.18. The first-order chi connectivity index (χ1) is 9.58. The largest absolute Gasteiger partial charge is 0.393 e. The van der Waals surface area contributed by atoms with Crippen molar-refractivity contribution in [1.82, 2.24) is 9.88 Å². The molecule has 1 aromatic rings. The summed E-state index contributed by atoms with van der Waals surface area (Å²) in [7, 11) is 0. The number of hydrogen-bond donors (Lipinski definition) is 2. The standard InChI is InChI=1S/C15H22N2O3/c1-11(18)9-13-5-3-2-4-8-17(13)15(20)12-6-7-14(19)16-10-12/h6-7,10-11,13,18H,2-5,8-9H2,1H3,(H,16,19). The number of amides is 1. The molecular weight excluding hydrogens is 256 g/mol. The van der Waals surface area contributed by atoms with E-state index in [-0.39, 0.29) is 17.5 Å². The van der Waals surface area contributed by atoms with Gasteiger partial charge in [0.25, 0.3) is 5.91 Å². The minimum atomic E-state index is -0.413. The average molecular weight is 278 g/mol. The van der Waals surface area contributed by atoms with Crippen LogP contribution in [0.2, 0.25) is 0 Å². The van der Waals surface area contributed by atoms with Gasteiger partial charge in [-0.1, -0.05) is 12.8 Å².